The number of hydrogen-bond acceptors (Lipinski definition) is 3. The molecule has 0 saturated carbocycles. The molecule has 2 rings (SSSR count). The molecule has 0 aromatic heterocycles. The second kappa shape index (κ2) is 17.2. The zero-order chi connectivity index (χ0) is 26.1. The molecule has 2 aromatic carbocycles. The van der Waals surface area contributed by atoms with Gasteiger partial charge in [0.1, 0.15) is 12.3 Å². The number of esters is 1. The Balaban J connectivity index is 1.57. The molecule has 4 nitrogen and oxygen atoms in total. The number of hydrogen-bond donors (Lipinski definition) is 0. The highest BCUT2D eigenvalue weighted by atomic mass is 16.7. The molecule has 0 heterocycles. The second-order valence-electron chi connectivity index (χ2n) is 10.8. The molecular formula is C32H50NO3+. The van der Waals surface area contributed by atoms with Crippen molar-refractivity contribution in [1.29, 1.82) is 0 Å². The van der Waals surface area contributed by atoms with Gasteiger partial charge >= 0.3 is 5.97 Å². The molecule has 1 atom stereocenters. The van der Waals surface area contributed by atoms with Gasteiger partial charge in [0.15, 0.2) is 6.04 Å². The summed E-state index contributed by atoms with van der Waals surface area (Å²) in [6.45, 7) is 4.89. The Morgan fingerprint density at radius 3 is 1.89 bits per heavy atom. The van der Waals surface area contributed by atoms with E-state index in [4.69, 9.17) is 9.47 Å². The smallest absolute Gasteiger partial charge is 0.367 e. The number of benzene rings is 2. The van der Waals surface area contributed by atoms with E-state index in [1.807, 2.05) is 51.4 Å². The Morgan fingerprint density at radius 2 is 1.31 bits per heavy atom. The molecule has 0 saturated heterocycles. The van der Waals surface area contributed by atoms with Gasteiger partial charge in [0.05, 0.1) is 14.1 Å². The van der Waals surface area contributed by atoms with E-state index in [0.717, 1.165) is 18.7 Å². The quantitative estimate of drug-likeness (QED) is 0.0853. The normalized spacial score (nSPS) is 12.3. The van der Waals surface area contributed by atoms with Crippen LogP contribution in [0.2, 0.25) is 0 Å². The lowest BCUT2D eigenvalue weighted by Gasteiger charge is -2.34. The largest absolute Gasteiger partial charge is 0.457 e. The Bertz CT molecular complexity index is 832. The molecule has 0 aliphatic carbocycles. The van der Waals surface area contributed by atoms with Gasteiger partial charge in [-0.15, -0.1) is 0 Å². The summed E-state index contributed by atoms with van der Waals surface area (Å²) in [6, 6.07) is 18.1. The molecule has 2 aromatic rings. The number of nitrogens with zero attached hydrogens (tertiary/aromatic N) is 1. The van der Waals surface area contributed by atoms with Gasteiger partial charge in [0.2, 0.25) is 6.79 Å². The van der Waals surface area contributed by atoms with Crippen LogP contribution in [0.3, 0.4) is 0 Å². The molecule has 4 heteroatoms. The van der Waals surface area contributed by atoms with Gasteiger partial charge in [-0.3, -0.25) is 0 Å². The van der Waals surface area contributed by atoms with Crippen molar-refractivity contribution in [3.63, 3.8) is 0 Å². The minimum Gasteiger partial charge on any atom is -0.457 e. The molecule has 0 spiro atoms. The first-order chi connectivity index (χ1) is 17.4. The average Bonchev–Trinajstić information content (AvgIpc) is 2.88. The van der Waals surface area contributed by atoms with Crippen molar-refractivity contribution in [2.45, 2.75) is 103 Å². The molecule has 1 unspecified atom stereocenters. The first-order valence-electron chi connectivity index (χ1n) is 14.2. The first kappa shape index (κ1) is 29.9. The van der Waals surface area contributed by atoms with E-state index < -0.39 is 0 Å². The predicted octanol–water partition coefficient (Wildman–Crippen LogP) is 8.08. The topological polar surface area (TPSA) is 35.5 Å². The van der Waals surface area contributed by atoms with Crippen LogP contribution in [0.25, 0.3) is 0 Å². The predicted molar refractivity (Wildman–Crippen MR) is 150 cm³/mol. The second-order valence-corrected chi connectivity index (χ2v) is 10.8. The van der Waals surface area contributed by atoms with Crippen LogP contribution in [0.4, 0.5) is 0 Å². The molecule has 200 valence electrons. The first-order valence-corrected chi connectivity index (χ1v) is 14.2. The van der Waals surface area contributed by atoms with Crippen molar-refractivity contribution in [3.8, 4) is 5.75 Å². The Morgan fingerprint density at radius 1 is 0.750 bits per heavy atom. The summed E-state index contributed by atoms with van der Waals surface area (Å²) in [5, 5.41) is 0. The van der Waals surface area contributed by atoms with Crippen LogP contribution < -0.4 is 4.74 Å². The number of aryl methyl sites for hydroxylation is 1. The van der Waals surface area contributed by atoms with Crippen molar-refractivity contribution in [2.24, 2.45) is 0 Å². The number of carbonyl (C=O) groups is 1. The highest BCUT2D eigenvalue weighted by Gasteiger charge is 2.32. The van der Waals surface area contributed by atoms with Crippen molar-refractivity contribution >= 4 is 5.97 Å². The molecule has 0 aliphatic heterocycles. The Kier molecular flexibility index (Phi) is 14.3. The van der Waals surface area contributed by atoms with E-state index in [0.29, 0.717) is 4.48 Å². The fraction of sp³-hybridized carbons (Fsp3) is 0.594. The summed E-state index contributed by atoms with van der Waals surface area (Å²) in [6.07, 6.45) is 16.2. The minimum atomic E-state index is -0.290. The van der Waals surface area contributed by atoms with Gasteiger partial charge in [0.25, 0.3) is 0 Å². The van der Waals surface area contributed by atoms with Crippen LogP contribution in [0.1, 0.15) is 95.6 Å². The number of ether oxygens (including phenoxy) is 2. The molecule has 0 aliphatic rings. The maximum atomic E-state index is 12.6. The van der Waals surface area contributed by atoms with Gasteiger partial charge in [-0.05, 0) is 37.5 Å². The van der Waals surface area contributed by atoms with E-state index in [1.165, 1.54) is 81.8 Å². The number of likely N-dealkylation sites (N-methyl/N-ethyl adjacent to an activating group) is 1. The van der Waals surface area contributed by atoms with Crippen LogP contribution in [-0.2, 0) is 22.5 Å². The van der Waals surface area contributed by atoms with Crippen LogP contribution >= 0.6 is 0 Å². The average molecular weight is 497 g/mol. The van der Waals surface area contributed by atoms with Gasteiger partial charge in [-0.1, -0.05) is 114 Å². The summed E-state index contributed by atoms with van der Waals surface area (Å²) in [4.78, 5) is 12.6. The molecule has 0 fully saturated rings. The van der Waals surface area contributed by atoms with E-state index in [1.54, 1.807) is 0 Å². The van der Waals surface area contributed by atoms with Gasteiger partial charge in [-0.25, -0.2) is 4.79 Å². The zero-order valence-corrected chi connectivity index (χ0v) is 23.3. The monoisotopic (exact) mass is 496 g/mol. The fourth-order valence-corrected chi connectivity index (χ4v) is 4.50. The molecule has 0 radical (unpaired) electrons. The van der Waals surface area contributed by atoms with E-state index in [2.05, 4.69) is 31.2 Å². The summed E-state index contributed by atoms with van der Waals surface area (Å²) in [5.74, 6) is 0.486. The van der Waals surface area contributed by atoms with Crippen LogP contribution in [0.5, 0.6) is 5.75 Å². The van der Waals surface area contributed by atoms with Crippen LogP contribution in [0, 0.1) is 0 Å². The van der Waals surface area contributed by atoms with Gasteiger partial charge in [-0.2, -0.15) is 0 Å². The van der Waals surface area contributed by atoms with Crippen molar-refractivity contribution in [1.82, 2.24) is 0 Å². The third kappa shape index (κ3) is 12.1. The molecular weight excluding hydrogens is 446 g/mol. The summed E-state index contributed by atoms with van der Waals surface area (Å²) >= 11 is 0. The van der Waals surface area contributed by atoms with E-state index in [9.17, 15) is 4.79 Å². The Hall–Kier alpha value is -2.33. The maximum absolute atomic E-state index is 12.6. The molecule has 36 heavy (non-hydrogen) atoms. The van der Waals surface area contributed by atoms with Crippen LogP contribution in [0.15, 0.2) is 54.6 Å². The lowest BCUT2D eigenvalue weighted by molar-refractivity contribution is -0.917. The molecule has 0 N–H and O–H groups in total. The zero-order valence-electron chi connectivity index (χ0n) is 23.3. The Labute approximate surface area is 220 Å². The minimum absolute atomic E-state index is 0.0630. The SMILES string of the molecule is CCCCCCCCCCCCCc1ccc(OCOC(=O)C(C)[N+](C)(C)Cc2ccccc2)cc1. The van der Waals surface area contributed by atoms with Crippen molar-refractivity contribution < 1.29 is 18.8 Å². The number of carbonyl (C=O) groups excluding carboxylic acids is 1. The van der Waals surface area contributed by atoms with E-state index >= 15 is 0 Å². The van der Waals surface area contributed by atoms with E-state index in [-0.39, 0.29) is 18.8 Å². The number of unbranched alkanes of at least 4 members (excludes halogenated alkanes) is 10. The van der Waals surface area contributed by atoms with Gasteiger partial charge in [0, 0.05) is 5.56 Å². The molecule has 0 bridgehead atoms. The lowest BCUT2D eigenvalue weighted by atomic mass is 10.0. The van der Waals surface area contributed by atoms with Crippen LogP contribution in [-0.4, -0.2) is 37.4 Å². The highest BCUT2D eigenvalue weighted by molar-refractivity contribution is 5.74. The van der Waals surface area contributed by atoms with Crippen molar-refractivity contribution in [2.75, 3.05) is 20.9 Å². The highest BCUT2D eigenvalue weighted by Crippen LogP contribution is 2.18. The summed E-state index contributed by atoms with van der Waals surface area (Å²) in [7, 11) is 4.10. The van der Waals surface area contributed by atoms with Crippen molar-refractivity contribution in [3.05, 3.63) is 65.7 Å². The third-order valence-corrected chi connectivity index (χ3v) is 7.24. The standard InChI is InChI=1S/C32H50NO3/c1-5-6-7-8-9-10-11-12-13-14-16-19-29-22-24-31(25-23-29)35-27-36-32(34)28(2)33(3,4)26-30-20-17-15-18-21-30/h15,17-18,20-25,28H,5-14,16,19,26-27H2,1-4H3/q+1. The maximum Gasteiger partial charge on any atom is 0.367 e. The number of rotatable bonds is 19. The third-order valence-electron chi connectivity index (χ3n) is 7.24. The molecule has 0 amide bonds. The fourth-order valence-electron chi connectivity index (χ4n) is 4.50. The lowest BCUT2D eigenvalue weighted by Crippen LogP contribution is -2.51. The summed E-state index contributed by atoms with van der Waals surface area (Å²) < 4.78 is 11.6. The van der Waals surface area contributed by atoms with Gasteiger partial charge < -0.3 is 14.0 Å². The number of quaternary nitrogens is 1. The summed E-state index contributed by atoms with van der Waals surface area (Å²) in [5.41, 5.74) is 2.54.